The summed E-state index contributed by atoms with van der Waals surface area (Å²) in [4.78, 5) is 39.0. The molecule has 1 unspecified atom stereocenters. The number of para-hydroxylation sites is 1. The fourth-order valence-corrected chi connectivity index (χ4v) is 4.58. The van der Waals surface area contributed by atoms with Gasteiger partial charge in [-0.25, -0.2) is 9.69 Å². The van der Waals surface area contributed by atoms with Crippen LogP contribution in [0.3, 0.4) is 0 Å². The van der Waals surface area contributed by atoms with Gasteiger partial charge in [0.15, 0.2) is 6.61 Å². The van der Waals surface area contributed by atoms with E-state index in [1.54, 1.807) is 60.7 Å². The van der Waals surface area contributed by atoms with Gasteiger partial charge < -0.3 is 15.8 Å². The van der Waals surface area contributed by atoms with E-state index in [9.17, 15) is 14.4 Å². The molecule has 0 fully saturated rings. The van der Waals surface area contributed by atoms with Crippen molar-refractivity contribution in [3.63, 3.8) is 0 Å². The largest absolute Gasteiger partial charge is 0.439 e. The molecule has 0 saturated heterocycles. The van der Waals surface area contributed by atoms with Crippen LogP contribution in [0.5, 0.6) is 0 Å². The van der Waals surface area contributed by atoms with Crippen molar-refractivity contribution in [3.05, 3.63) is 125 Å². The molecular formula is C31H26ClN9O4. The van der Waals surface area contributed by atoms with Crippen molar-refractivity contribution < 1.29 is 19.1 Å². The highest BCUT2D eigenvalue weighted by molar-refractivity contribution is 6.30. The second-order valence-corrected chi connectivity index (χ2v) is 10.0. The van der Waals surface area contributed by atoms with E-state index in [4.69, 9.17) is 22.1 Å². The summed E-state index contributed by atoms with van der Waals surface area (Å²) in [5, 5.41) is 23.1. The molecule has 0 radical (unpaired) electrons. The Kier molecular flexibility index (Phi) is 9.82. The van der Waals surface area contributed by atoms with Crippen LogP contribution >= 0.6 is 11.6 Å². The molecule has 0 spiro atoms. The van der Waals surface area contributed by atoms with Crippen LogP contribution in [0, 0.1) is 0 Å². The molecule has 2 aromatic heterocycles. The fourth-order valence-electron chi connectivity index (χ4n) is 4.40. The normalized spacial score (nSPS) is 11.6. The number of aromatic nitrogens is 6. The molecule has 3 aromatic carbocycles. The molecule has 0 aliphatic carbocycles. The van der Waals surface area contributed by atoms with Crippen LogP contribution < -0.4 is 16.0 Å². The maximum Gasteiger partial charge on any atom is 0.419 e. The molecule has 3 N–H and O–H groups in total. The molecule has 3 amide bonds. The number of halogens is 1. The lowest BCUT2D eigenvalue weighted by Gasteiger charge is -2.23. The second kappa shape index (κ2) is 14.5. The number of nitrogens with two attached hydrogens (primary N) is 1. The molecular weight excluding hydrogens is 598 g/mol. The summed E-state index contributed by atoms with van der Waals surface area (Å²) in [6, 6.07) is 24.3. The molecule has 0 aliphatic heterocycles. The molecule has 0 aliphatic rings. The maximum absolute atomic E-state index is 13.3. The number of nitrogens with one attached hydrogen (secondary N) is 1. The fraction of sp³-hybridized carbons (Fsp3) is 0.0968. The highest BCUT2D eigenvalue weighted by Crippen LogP contribution is 2.28. The van der Waals surface area contributed by atoms with Crippen LogP contribution in [-0.4, -0.2) is 54.9 Å². The predicted octanol–water partition coefficient (Wildman–Crippen LogP) is 3.98. The van der Waals surface area contributed by atoms with E-state index in [1.807, 2.05) is 30.3 Å². The number of benzene rings is 3. The summed E-state index contributed by atoms with van der Waals surface area (Å²) in [6.07, 6.45) is 5.31. The van der Waals surface area contributed by atoms with E-state index >= 15 is 0 Å². The van der Waals surface area contributed by atoms with Gasteiger partial charge in [0.25, 0.3) is 5.91 Å². The Morgan fingerprint density at radius 2 is 1.73 bits per heavy atom. The highest BCUT2D eigenvalue weighted by atomic mass is 35.5. The van der Waals surface area contributed by atoms with Gasteiger partial charge >= 0.3 is 6.09 Å². The zero-order chi connectivity index (χ0) is 31.6. The monoisotopic (exact) mass is 623 g/mol. The number of rotatable bonds is 11. The molecule has 226 valence electrons. The lowest BCUT2D eigenvalue weighted by Crippen LogP contribution is -2.32. The van der Waals surface area contributed by atoms with Crippen molar-refractivity contribution in [2.45, 2.75) is 12.5 Å². The van der Waals surface area contributed by atoms with Gasteiger partial charge in [-0.3, -0.25) is 9.59 Å². The number of ether oxygens (including phenoxy) is 1. The Morgan fingerprint density at radius 3 is 2.44 bits per heavy atom. The molecule has 0 bridgehead atoms. The number of hydrogen-bond donors (Lipinski definition) is 2. The van der Waals surface area contributed by atoms with Gasteiger partial charge in [0.05, 0.1) is 35.0 Å². The summed E-state index contributed by atoms with van der Waals surface area (Å²) in [5.41, 5.74) is 8.47. The molecule has 13 nitrogen and oxygen atoms in total. The summed E-state index contributed by atoms with van der Waals surface area (Å²) < 4.78 is 6.57. The van der Waals surface area contributed by atoms with Crippen molar-refractivity contribution in [1.29, 1.82) is 0 Å². The van der Waals surface area contributed by atoms with E-state index in [0.717, 1.165) is 5.56 Å². The predicted molar refractivity (Wildman–Crippen MR) is 165 cm³/mol. The Balaban J connectivity index is 1.45. The average Bonchev–Trinajstić information content (AvgIpc) is 3.59. The Bertz CT molecular complexity index is 1800. The smallest absolute Gasteiger partial charge is 0.419 e. The minimum absolute atomic E-state index is 0.300. The van der Waals surface area contributed by atoms with Crippen LogP contribution in [0.15, 0.2) is 104 Å². The van der Waals surface area contributed by atoms with Gasteiger partial charge in [-0.2, -0.15) is 14.9 Å². The second-order valence-electron chi connectivity index (χ2n) is 9.57. The summed E-state index contributed by atoms with van der Waals surface area (Å²) >= 11 is 6.22. The number of tetrazole rings is 1. The SMILES string of the molecule is NC(=O)COC(=O)N(c1ccccc1)c1cnnc(C(Cc2ccccc2)NC(=O)/C=C/c2cc(Cl)ccc2-n2cnnn2)c1. The standard InChI is InChI=1S/C31H26ClN9O4/c32-23-12-13-28(40-20-35-38-39-40)22(16-23)11-14-30(43)36-26(15-21-7-3-1-4-8-21)27-17-25(18-34-37-27)41(24-9-5-2-6-10-24)31(44)45-19-29(33)42/h1-14,16-18,20,26H,15,19H2,(H2,33,42)(H,36,43)/b14-11+. The first-order valence-electron chi connectivity index (χ1n) is 13.6. The molecule has 5 aromatic rings. The van der Waals surface area contributed by atoms with E-state index in [2.05, 4.69) is 31.0 Å². The number of nitrogens with zero attached hydrogens (tertiary/aromatic N) is 7. The minimum atomic E-state index is -0.842. The maximum atomic E-state index is 13.3. The first-order chi connectivity index (χ1) is 21.9. The zero-order valence-electron chi connectivity index (χ0n) is 23.6. The molecule has 2 heterocycles. The molecule has 14 heteroatoms. The van der Waals surface area contributed by atoms with Crippen molar-refractivity contribution in [1.82, 2.24) is 35.7 Å². The summed E-state index contributed by atoms with van der Waals surface area (Å²) in [5.74, 6) is -1.22. The zero-order valence-corrected chi connectivity index (χ0v) is 24.4. The average molecular weight is 624 g/mol. The Hall–Kier alpha value is -5.95. The Labute approximate surface area is 262 Å². The van der Waals surface area contributed by atoms with E-state index in [0.29, 0.717) is 39.8 Å². The van der Waals surface area contributed by atoms with Crippen LogP contribution in [0.2, 0.25) is 5.02 Å². The number of amides is 3. The number of primary amides is 1. The van der Waals surface area contributed by atoms with E-state index < -0.39 is 30.6 Å². The van der Waals surface area contributed by atoms with E-state index in [-0.39, 0.29) is 0 Å². The number of carbonyl (C=O) groups is 3. The third-order valence-electron chi connectivity index (χ3n) is 6.41. The number of carbonyl (C=O) groups excluding carboxylic acids is 3. The molecule has 45 heavy (non-hydrogen) atoms. The molecule has 5 rings (SSSR count). The van der Waals surface area contributed by atoms with Gasteiger partial charge in [-0.15, -0.1) is 5.10 Å². The lowest BCUT2D eigenvalue weighted by atomic mass is 10.0. The quantitative estimate of drug-likeness (QED) is 0.206. The van der Waals surface area contributed by atoms with Crippen molar-refractivity contribution in [2.24, 2.45) is 5.73 Å². The van der Waals surface area contributed by atoms with Gasteiger partial charge in [0.1, 0.15) is 6.33 Å². The van der Waals surface area contributed by atoms with Gasteiger partial charge in [0.2, 0.25) is 5.91 Å². The van der Waals surface area contributed by atoms with Gasteiger partial charge in [-0.05, 0) is 64.9 Å². The summed E-state index contributed by atoms with van der Waals surface area (Å²) in [6.45, 7) is -0.603. The third-order valence-corrected chi connectivity index (χ3v) is 6.64. The molecule has 1 atom stereocenters. The topological polar surface area (TPSA) is 171 Å². The van der Waals surface area contributed by atoms with Crippen LogP contribution in [-0.2, 0) is 20.7 Å². The third kappa shape index (κ3) is 8.12. The minimum Gasteiger partial charge on any atom is -0.439 e. The molecule has 0 saturated carbocycles. The highest BCUT2D eigenvalue weighted by Gasteiger charge is 2.24. The van der Waals surface area contributed by atoms with Crippen molar-refractivity contribution in [2.75, 3.05) is 11.5 Å². The van der Waals surface area contributed by atoms with Crippen LogP contribution in [0.1, 0.15) is 22.9 Å². The Morgan fingerprint density at radius 1 is 0.978 bits per heavy atom. The summed E-state index contributed by atoms with van der Waals surface area (Å²) in [7, 11) is 0. The number of hydrogen-bond acceptors (Lipinski definition) is 9. The van der Waals surface area contributed by atoms with Crippen molar-refractivity contribution >= 4 is 47.0 Å². The van der Waals surface area contributed by atoms with Gasteiger partial charge in [-0.1, -0.05) is 60.1 Å². The van der Waals surface area contributed by atoms with E-state index in [1.165, 1.54) is 28.2 Å². The number of anilines is 2. The lowest BCUT2D eigenvalue weighted by molar-refractivity contribution is -0.120. The van der Waals surface area contributed by atoms with Crippen LogP contribution in [0.25, 0.3) is 11.8 Å². The first kappa shape index (κ1) is 30.5. The van der Waals surface area contributed by atoms with Crippen LogP contribution in [0.4, 0.5) is 16.2 Å². The first-order valence-corrected chi connectivity index (χ1v) is 13.9. The van der Waals surface area contributed by atoms with Crippen molar-refractivity contribution in [3.8, 4) is 5.69 Å². The van der Waals surface area contributed by atoms with Gasteiger partial charge in [0, 0.05) is 16.7 Å².